The van der Waals surface area contributed by atoms with Gasteiger partial charge >= 0.3 is 5.97 Å². The third kappa shape index (κ3) is 3.68. The first-order valence-electron chi connectivity index (χ1n) is 1.99. The first kappa shape index (κ1) is 7.50. The Morgan fingerprint density at radius 2 is 2.50 bits per heavy atom. The molecule has 0 saturated carbocycles. The van der Waals surface area contributed by atoms with Gasteiger partial charge in [-0.15, -0.1) is 6.58 Å². The maximum Gasteiger partial charge on any atom is 0.315 e. The van der Waals surface area contributed by atoms with E-state index in [-0.39, 0.29) is 6.07 Å². The van der Waals surface area contributed by atoms with Crippen LogP contribution in [0.15, 0.2) is 12.7 Å². The Bertz CT molecular complexity index is 90.4. The Morgan fingerprint density at radius 3 is 2.88 bits per heavy atom. The van der Waals surface area contributed by atoms with Crippen molar-refractivity contribution in [3.63, 3.8) is 0 Å². The minimum Gasteiger partial charge on any atom is -0.449 e. The van der Waals surface area contributed by atoms with Crippen molar-refractivity contribution in [1.29, 1.82) is 0 Å². The molecule has 0 fully saturated rings. The number of alkyl halides is 1. The van der Waals surface area contributed by atoms with Crippen LogP contribution in [0.3, 0.4) is 0 Å². The van der Waals surface area contributed by atoms with Gasteiger partial charge in [-0.2, -0.15) is 0 Å². The maximum absolute atomic E-state index is 10.2. The summed E-state index contributed by atoms with van der Waals surface area (Å²) in [6.07, 6.45) is 2.54. The molecule has 0 aromatic rings. The van der Waals surface area contributed by atoms with Crippen molar-refractivity contribution in [1.82, 2.24) is 0 Å². The van der Waals surface area contributed by atoms with Crippen LogP contribution in [-0.2, 0) is 9.53 Å². The lowest BCUT2D eigenvalue weighted by molar-refractivity contribution is -0.137. The molecule has 0 aliphatic rings. The number of esters is 1. The van der Waals surface area contributed by atoms with Crippen molar-refractivity contribution in [3.05, 3.63) is 19.1 Å². The van der Waals surface area contributed by atoms with Gasteiger partial charge in [-0.25, -0.2) is 0 Å². The Morgan fingerprint density at radius 1 is 1.88 bits per heavy atom. The van der Waals surface area contributed by atoms with E-state index in [9.17, 15) is 4.79 Å². The van der Waals surface area contributed by atoms with E-state index in [2.05, 4.69) is 11.3 Å². The molecular weight excluding hydrogens is 128 g/mol. The number of carbonyl (C=O) groups is 1. The summed E-state index contributed by atoms with van der Waals surface area (Å²) >= 11 is 5.03. The molecule has 0 aromatic heterocycles. The molecule has 0 aliphatic heterocycles. The molecule has 0 bridgehead atoms. The molecule has 0 spiro atoms. The van der Waals surface area contributed by atoms with E-state index in [1.165, 1.54) is 12.5 Å². The van der Waals surface area contributed by atoms with Gasteiger partial charge in [0.05, 0.1) is 6.42 Å². The summed E-state index contributed by atoms with van der Waals surface area (Å²) in [5, 5.41) is 0. The molecule has 0 unspecified atom stereocenters. The van der Waals surface area contributed by atoms with Crippen LogP contribution >= 0.6 is 11.6 Å². The predicted molar refractivity (Wildman–Crippen MR) is 31.3 cm³/mol. The lowest BCUT2D eigenvalue weighted by Crippen LogP contribution is -2.00. The Labute approximate surface area is 53.1 Å². The minimum atomic E-state index is -0.463. The predicted octanol–water partition coefficient (Wildman–Crippen LogP) is 1.12. The Kier molecular flexibility index (Phi) is 4.36. The fourth-order valence-corrected chi connectivity index (χ4v) is 0.306. The molecule has 0 aliphatic carbocycles. The molecule has 0 amide bonds. The van der Waals surface area contributed by atoms with Crippen LogP contribution < -0.4 is 0 Å². The summed E-state index contributed by atoms with van der Waals surface area (Å²) in [7, 11) is 0. The number of rotatable bonds is 3. The summed E-state index contributed by atoms with van der Waals surface area (Å²) < 4.78 is 4.28. The van der Waals surface area contributed by atoms with Crippen molar-refractivity contribution in [3.8, 4) is 0 Å². The number of carbonyl (C=O) groups excluding carboxylic acids is 1. The summed E-state index contributed by atoms with van der Waals surface area (Å²) in [4.78, 5) is 10.2. The molecule has 0 heterocycles. The van der Waals surface area contributed by atoms with Crippen LogP contribution in [0, 0.1) is 6.42 Å². The van der Waals surface area contributed by atoms with Crippen LogP contribution in [0.4, 0.5) is 0 Å². The SMILES string of the molecule is C=C[CH]C(=O)OCCl. The fraction of sp³-hybridized carbons (Fsp3) is 0.200. The normalized spacial score (nSPS) is 8.12. The van der Waals surface area contributed by atoms with Crippen molar-refractivity contribution in [2.45, 2.75) is 0 Å². The largest absolute Gasteiger partial charge is 0.449 e. The van der Waals surface area contributed by atoms with Crippen LogP contribution in [0.1, 0.15) is 0 Å². The second kappa shape index (κ2) is 4.65. The van der Waals surface area contributed by atoms with Crippen LogP contribution in [-0.4, -0.2) is 12.0 Å². The number of ether oxygens (including phenoxy) is 1. The number of hydrogen-bond donors (Lipinski definition) is 0. The minimum absolute atomic E-state index is 0.108. The molecule has 45 valence electrons. The zero-order chi connectivity index (χ0) is 6.41. The molecule has 0 N–H and O–H groups in total. The first-order valence-corrected chi connectivity index (χ1v) is 2.53. The van der Waals surface area contributed by atoms with Crippen LogP contribution in [0.5, 0.6) is 0 Å². The highest BCUT2D eigenvalue weighted by atomic mass is 35.5. The Hall–Kier alpha value is -0.500. The number of halogens is 1. The summed E-state index contributed by atoms with van der Waals surface area (Å²) in [6.45, 7) is 3.28. The third-order valence-corrected chi connectivity index (χ3v) is 0.560. The highest BCUT2D eigenvalue weighted by molar-refractivity contribution is 6.17. The zero-order valence-electron chi connectivity index (χ0n) is 4.26. The van der Waals surface area contributed by atoms with Crippen molar-refractivity contribution in [2.24, 2.45) is 0 Å². The van der Waals surface area contributed by atoms with Crippen LogP contribution in [0.25, 0.3) is 0 Å². The summed E-state index contributed by atoms with van der Waals surface area (Å²) in [5.74, 6) is -0.463. The van der Waals surface area contributed by atoms with Crippen molar-refractivity contribution >= 4 is 17.6 Å². The summed E-state index contributed by atoms with van der Waals surface area (Å²) in [5.41, 5.74) is 0. The van der Waals surface area contributed by atoms with E-state index >= 15 is 0 Å². The van der Waals surface area contributed by atoms with Crippen molar-refractivity contribution < 1.29 is 9.53 Å². The average Bonchev–Trinajstić information content (AvgIpc) is 1.68. The van der Waals surface area contributed by atoms with Gasteiger partial charge in [0, 0.05) is 0 Å². The van der Waals surface area contributed by atoms with Crippen LogP contribution in [0.2, 0.25) is 0 Å². The van der Waals surface area contributed by atoms with E-state index in [0.717, 1.165) is 0 Å². The molecule has 1 radical (unpaired) electrons. The second-order valence-corrected chi connectivity index (χ2v) is 1.19. The third-order valence-electron chi connectivity index (χ3n) is 0.451. The highest BCUT2D eigenvalue weighted by Gasteiger charge is 1.94. The monoisotopic (exact) mass is 133 g/mol. The van der Waals surface area contributed by atoms with Gasteiger partial charge < -0.3 is 4.74 Å². The van der Waals surface area contributed by atoms with Gasteiger partial charge in [0.25, 0.3) is 0 Å². The maximum atomic E-state index is 10.2. The van der Waals surface area contributed by atoms with Crippen molar-refractivity contribution in [2.75, 3.05) is 6.07 Å². The van der Waals surface area contributed by atoms with Gasteiger partial charge in [0.1, 0.15) is 0 Å². The zero-order valence-corrected chi connectivity index (χ0v) is 5.02. The van der Waals surface area contributed by atoms with E-state index in [0.29, 0.717) is 0 Å². The lowest BCUT2D eigenvalue weighted by Gasteiger charge is -1.92. The molecule has 0 atom stereocenters. The van der Waals surface area contributed by atoms with E-state index < -0.39 is 5.97 Å². The van der Waals surface area contributed by atoms with E-state index in [1.807, 2.05) is 0 Å². The average molecular weight is 134 g/mol. The Balaban J connectivity index is 3.18. The number of hydrogen-bond acceptors (Lipinski definition) is 2. The van der Waals surface area contributed by atoms with Gasteiger partial charge in [-0.05, 0) is 0 Å². The fourth-order valence-electron chi connectivity index (χ4n) is 0.198. The topological polar surface area (TPSA) is 26.3 Å². The van der Waals surface area contributed by atoms with Gasteiger partial charge in [-0.3, -0.25) is 4.79 Å². The molecule has 0 rings (SSSR count). The quantitative estimate of drug-likeness (QED) is 0.426. The van der Waals surface area contributed by atoms with Gasteiger partial charge in [0.2, 0.25) is 0 Å². The molecular formula is C5H6ClO2. The standard InChI is InChI=1S/C5H6ClO2/c1-2-3-5(7)8-4-6/h2-3H,1,4H2. The molecule has 3 heteroatoms. The van der Waals surface area contributed by atoms with E-state index in [1.54, 1.807) is 0 Å². The molecule has 0 aromatic carbocycles. The van der Waals surface area contributed by atoms with Gasteiger partial charge in [0.15, 0.2) is 6.07 Å². The summed E-state index contributed by atoms with van der Waals surface area (Å²) in [6, 6.07) is -0.108. The lowest BCUT2D eigenvalue weighted by atomic mass is 10.4. The van der Waals surface area contributed by atoms with Gasteiger partial charge in [-0.1, -0.05) is 17.7 Å². The molecule has 2 nitrogen and oxygen atoms in total. The highest BCUT2D eigenvalue weighted by Crippen LogP contribution is 1.85. The smallest absolute Gasteiger partial charge is 0.315 e. The van der Waals surface area contributed by atoms with E-state index in [4.69, 9.17) is 11.6 Å². The second-order valence-electron chi connectivity index (χ2n) is 0.975. The molecule has 0 saturated heterocycles. The first-order chi connectivity index (χ1) is 3.81. The molecule has 8 heavy (non-hydrogen) atoms.